The maximum Gasteiger partial charge on any atom is 0.336 e. The van der Waals surface area contributed by atoms with Gasteiger partial charge in [-0.3, -0.25) is 4.79 Å². The lowest BCUT2D eigenvalue weighted by atomic mass is 10.0. The number of nitrogens with one attached hydrogen (secondary N) is 2. The molecule has 0 saturated carbocycles. The Balaban J connectivity index is 2.93. The van der Waals surface area contributed by atoms with Crippen LogP contribution in [0.15, 0.2) is 22.7 Å². The first-order valence-corrected chi connectivity index (χ1v) is 6.91. The number of rotatable bonds is 5. The zero-order chi connectivity index (χ0) is 16.2. The van der Waals surface area contributed by atoms with E-state index in [9.17, 15) is 14.4 Å². The van der Waals surface area contributed by atoms with Crippen LogP contribution in [0.1, 0.15) is 24.2 Å². The second-order valence-corrected chi connectivity index (χ2v) is 5.57. The highest BCUT2D eigenvalue weighted by molar-refractivity contribution is 9.10. The molecule has 5 N–H and O–H groups in total. The highest BCUT2D eigenvalue weighted by atomic mass is 79.9. The van der Waals surface area contributed by atoms with Crippen molar-refractivity contribution in [3.8, 4) is 0 Å². The summed E-state index contributed by atoms with van der Waals surface area (Å²) in [5, 5.41) is 13.9. The van der Waals surface area contributed by atoms with Gasteiger partial charge in [0.15, 0.2) is 0 Å². The third-order valence-electron chi connectivity index (χ3n) is 2.71. The molecule has 21 heavy (non-hydrogen) atoms. The first-order valence-electron chi connectivity index (χ1n) is 6.12. The quantitative estimate of drug-likeness (QED) is 0.641. The van der Waals surface area contributed by atoms with Gasteiger partial charge in [-0.05, 0) is 40.0 Å². The van der Waals surface area contributed by atoms with E-state index in [0.29, 0.717) is 10.2 Å². The summed E-state index contributed by atoms with van der Waals surface area (Å²) in [4.78, 5) is 34.1. The molecule has 0 heterocycles. The lowest BCUT2D eigenvalue weighted by Crippen LogP contribution is -2.49. The molecule has 7 nitrogen and oxygen atoms in total. The summed E-state index contributed by atoms with van der Waals surface area (Å²) in [5.74, 6) is -1.76. The van der Waals surface area contributed by atoms with Crippen LogP contribution < -0.4 is 16.4 Å². The van der Waals surface area contributed by atoms with E-state index >= 15 is 0 Å². The summed E-state index contributed by atoms with van der Waals surface area (Å²) in [6.45, 7) is 3.51. The van der Waals surface area contributed by atoms with Crippen molar-refractivity contribution in [2.45, 2.75) is 19.9 Å². The molecule has 0 saturated heterocycles. The number of amides is 3. The molecule has 3 amide bonds. The largest absolute Gasteiger partial charge is 0.478 e. The maximum atomic E-state index is 12.1. The standard InChI is InChI=1S/C13H16BrN3O4/c1-6(2)10(17-13(15)21)11(18)16-7-3-4-9(14)8(5-7)12(19)20/h3-6,10H,1-2H3,(H,16,18)(H,19,20)(H3,15,17,21). The van der Waals surface area contributed by atoms with Crippen LogP contribution in [0.4, 0.5) is 10.5 Å². The molecule has 0 aliphatic carbocycles. The van der Waals surface area contributed by atoms with Gasteiger partial charge in [0, 0.05) is 10.2 Å². The highest BCUT2D eigenvalue weighted by Gasteiger charge is 2.23. The number of carboxylic acids is 1. The van der Waals surface area contributed by atoms with Gasteiger partial charge in [0.1, 0.15) is 6.04 Å². The number of carboxylic acid groups (broad SMARTS) is 1. The lowest BCUT2D eigenvalue weighted by molar-refractivity contribution is -0.118. The number of anilines is 1. The summed E-state index contributed by atoms with van der Waals surface area (Å²) in [7, 11) is 0. The smallest absolute Gasteiger partial charge is 0.336 e. The van der Waals surface area contributed by atoms with Gasteiger partial charge in [0.05, 0.1) is 5.56 Å². The second kappa shape index (κ2) is 7.07. The SMILES string of the molecule is CC(C)C(NC(N)=O)C(=O)Nc1ccc(Br)c(C(=O)O)c1. The van der Waals surface area contributed by atoms with Crippen molar-refractivity contribution in [3.63, 3.8) is 0 Å². The molecule has 1 rings (SSSR count). The second-order valence-electron chi connectivity index (χ2n) is 4.72. The number of hydrogen-bond donors (Lipinski definition) is 4. The summed E-state index contributed by atoms with van der Waals surface area (Å²) < 4.78 is 0.406. The predicted molar refractivity (Wildman–Crippen MR) is 81.1 cm³/mol. The van der Waals surface area contributed by atoms with E-state index in [-0.39, 0.29) is 11.5 Å². The minimum Gasteiger partial charge on any atom is -0.478 e. The van der Waals surface area contributed by atoms with Crippen LogP contribution >= 0.6 is 15.9 Å². The number of benzene rings is 1. The van der Waals surface area contributed by atoms with Crippen LogP contribution in [0.25, 0.3) is 0 Å². The Labute approximate surface area is 130 Å². The van der Waals surface area contributed by atoms with Crippen molar-refractivity contribution < 1.29 is 19.5 Å². The molecular formula is C13H16BrN3O4. The molecule has 8 heteroatoms. The van der Waals surface area contributed by atoms with Crippen LogP contribution in [0.2, 0.25) is 0 Å². The van der Waals surface area contributed by atoms with Crippen LogP contribution in [0.5, 0.6) is 0 Å². The summed E-state index contributed by atoms with van der Waals surface area (Å²) in [6, 6.07) is 2.79. The number of primary amides is 1. The first-order chi connectivity index (χ1) is 9.72. The minimum absolute atomic E-state index is 0.0248. The fourth-order valence-electron chi connectivity index (χ4n) is 1.68. The van der Waals surface area contributed by atoms with E-state index < -0.39 is 23.9 Å². The number of carbonyl (C=O) groups is 3. The van der Waals surface area contributed by atoms with E-state index in [1.807, 2.05) is 0 Å². The van der Waals surface area contributed by atoms with Crippen LogP contribution in [-0.4, -0.2) is 29.1 Å². The van der Waals surface area contributed by atoms with Gasteiger partial charge in [-0.15, -0.1) is 0 Å². The summed E-state index contributed by atoms with van der Waals surface area (Å²) in [6.07, 6.45) is 0. The Hall–Kier alpha value is -2.09. The van der Waals surface area contributed by atoms with Gasteiger partial charge in [0.25, 0.3) is 0 Å². The van der Waals surface area contributed by atoms with Gasteiger partial charge in [-0.1, -0.05) is 13.8 Å². The van der Waals surface area contributed by atoms with E-state index in [1.54, 1.807) is 19.9 Å². The molecule has 1 unspecified atom stereocenters. The molecule has 0 radical (unpaired) electrons. The summed E-state index contributed by atoms with van der Waals surface area (Å²) >= 11 is 3.12. The van der Waals surface area contributed by atoms with E-state index in [4.69, 9.17) is 10.8 Å². The monoisotopic (exact) mass is 357 g/mol. The fourth-order valence-corrected chi connectivity index (χ4v) is 2.09. The molecule has 0 aliphatic rings. The molecule has 0 fully saturated rings. The van der Waals surface area contributed by atoms with Gasteiger partial charge >= 0.3 is 12.0 Å². The molecule has 0 spiro atoms. The molecule has 1 atom stereocenters. The van der Waals surface area contributed by atoms with E-state index in [0.717, 1.165) is 0 Å². The minimum atomic E-state index is -1.12. The third-order valence-corrected chi connectivity index (χ3v) is 3.40. The fraction of sp³-hybridized carbons (Fsp3) is 0.308. The normalized spacial score (nSPS) is 11.8. The molecular weight excluding hydrogens is 342 g/mol. The van der Waals surface area contributed by atoms with Crippen molar-refractivity contribution in [1.29, 1.82) is 0 Å². The Bertz CT molecular complexity index is 575. The Morgan fingerprint density at radius 1 is 1.29 bits per heavy atom. The molecule has 0 aliphatic heterocycles. The average Bonchev–Trinajstić information content (AvgIpc) is 2.37. The predicted octanol–water partition coefficient (Wildman–Crippen LogP) is 1.78. The molecule has 0 aromatic heterocycles. The van der Waals surface area contributed by atoms with Gasteiger partial charge < -0.3 is 21.5 Å². The number of aromatic carboxylic acids is 1. The van der Waals surface area contributed by atoms with Crippen molar-refractivity contribution in [1.82, 2.24) is 5.32 Å². The van der Waals surface area contributed by atoms with Crippen LogP contribution in [-0.2, 0) is 4.79 Å². The topological polar surface area (TPSA) is 122 Å². The number of urea groups is 1. The molecule has 1 aromatic rings. The zero-order valence-electron chi connectivity index (χ0n) is 11.5. The van der Waals surface area contributed by atoms with Crippen LogP contribution in [0, 0.1) is 5.92 Å². The zero-order valence-corrected chi connectivity index (χ0v) is 13.1. The Morgan fingerprint density at radius 2 is 1.90 bits per heavy atom. The highest BCUT2D eigenvalue weighted by Crippen LogP contribution is 2.21. The van der Waals surface area contributed by atoms with Crippen molar-refractivity contribution in [2.75, 3.05) is 5.32 Å². The molecule has 114 valence electrons. The van der Waals surface area contributed by atoms with Gasteiger partial charge in [-0.2, -0.15) is 0 Å². The van der Waals surface area contributed by atoms with Crippen molar-refractivity contribution >= 4 is 39.5 Å². The van der Waals surface area contributed by atoms with E-state index in [1.165, 1.54) is 12.1 Å². The first kappa shape index (κ1) is 17.0. The number of nitrogens with two attached hydrogens (primary N) is 1. The number of halogens is 1. The molecule has 0 bridgehead atoms. The number of carbonyl (C=O) groups excluding carboxylic acids is 2. The Morgan fingerprint density at radius 3 is 2.38 bits per heavy atom. The van der Waals surface area contributed by atoms with Gasteiger partial charge in [-0.25, -0.2) is 9.59 Å². The number of hydrogen-bond acceptors (Lipinski definition) is 3. The average molecular weight is 358 g/mol. The van der Waals surface area contributed by atoms with Crippen LogP contribution in [0.3, 0.4) is 0 Å². The van der Waals surface area contributed by atoms with Gasteiger partial charge in [0.2, 0.25) is 5.91 Å². The lowest BCUT2D eigenvalue weighted by Gasteiger charge is -2.20. The van der Waals surface area contributed by atoms with Crippen molar-refractivity contribution in [2.24, 2.45) is 11.7 Å². The van der Waals surface area contributed by atoms with Crippen molar-refractivity contribution in [3.05, 3.63) is 28.2 Å². The summed E-state index contributed by atoms with van der Waals surface area (Å²) in [5.41, 5.74) is 5.37. The maximum absolute atomic E-state index is 12.1. The molecule has 1 aromatic carbocycles. The third kappa shape index (κ3) is 4.75. The van der Waals surface area contributed by atoms with E-state index in [2.05, 4.69) is 26.6 Å². The Kier molecular flexibility index (Phi) is 5.71.